The van der Waals surface area contributed by atoms with Crippen molar-refractivity contribution < 1.29 is 14.8 Å². The van der Waals surface area contributed by atoms with Gasteiger partial charge < -0.3 is 9.67 Å². The molecule has 160 valence electrons. The first-order chi connectivity index (χ1) is 15.4. The number of nitro groups is 1. The van der Waals surface area contributed by atoms with Crippen molar-refractivity contribution in [2.75, 3.05) is 0 Å². The van der Waals surface area contributed by atoms with E-state index in [1.807, 2.05) is 0 Å². The van der Waals surface area contributed by atoms with Gasteiger partial charge in [0.1, 0.15) is 6.54 Å². The van der Waals surface area contributed by atoms with Crippen molar-refractivity contribution in [3.8, 4) is 5.75 Å². The molecule has 0 atom stereocenters. The van der Waals surface area contributed by atoms with E-state index in [-0.39, 0.29) is 15.5 Å². The highest BCUT2D eigenvalue weighted by atomic mass is 127. The molecule has 0 saturated carbocycles. The Morgan fingerprint density at radius 1 is 1.12 bits per heavy atom. The van der Waals surface area contributed by atoms with E-state index in [9.17, 15) is 24.8 Å². The molecule has 0 aliphatic carbocycles. The molecule has 0 fully saturated rings. The summed E-state index contributed by atoms with van der Waals surface area (Å²) in [7, 11) is 0. The van der Waals surface area contributed by atoms with Gasteiger partial charge in [-0.05, 0) is 52.9 Å². The highest BCUT2D eigenvalue weighted by molar-refractivity contribution is 14.1. The van der Waals surface area contributed by atoms with E-state index in [4.69, 9.17) is 0 Å². The number of pyridine rings is 1. The Balaban J connectivity index is 1.62. The molecule has 4 aromatic rings. The van der Waals surface area contributed by atoms with Gasteiger partial charge in [0.25, 0.3) is 5.91 Å². The van der Waals surface area contributed by atoms with Crippen molar-refractivity contribution >= 4 is 62.2 Å². The molecule has 4 rings (SSSR count). The van der Waals surface area contributed by atoms with Crippen LogP contribution in [0.1, 0.15) is 5.56 Å². The van der Waals surface area contributed by atoms with Crippen molar-refractivity contribution in [1.29, 1.82) is 0 Å². The average molecular weight is 542 g/mol. The minimum Gasteiger partial charge on any atom is -0.501 e. The maximum Gasteiger partial charge on any atom is 0.312 e. The van der Waals surface area contributed by atoms with Crippen LogP contribution < -0.4 is 10.9 Å². The van der Waals surface area contributed by atoms with Crippen LogP contribution in [0.15, 0.2) is 70.6 Å². The summed E-state index contributed by atoms with van der Waals surface area (Å²) in [6, 6.07) is 16.8. The Morgan fingerprint density at radius 3 is 2.31 bits per heavy atom. The third-order valence-electron chi connectivity index (χ3n) is 4.85. The predicted octanol–water partition coefficient (Wildman–Crippen LogP) is 3.52. The van der Waals surface area contributed by atoms with Crippen LogP contribution in [0.2, 0.25) is 0 Å². The van der Waals surface area contributed by atoms with E-state index in [1.165, 1.54) is 12.3 Å². The van der Waals surface area contributed by atoms with E-state index in [1.54, 1.807) is 75.7 Å². The van der Waals surface area contributed by atoms with Gasteiger partial charge in [-0.15, -0.1) is 0 Å². The van der Waals surface area contributed by atoms with Crippen LogP contribution in [0.5, 0.6) is 5.75 Å². The minimum atomic E-state index is -0.694. The predicted molar refractivity (Wildman–Crippen MR) is 129 cm³/mol. The number of nitrogens with zero attached hydrogens (tertiary/aromatic N) is 3. The van der Waals surface area contributed by atoms with Crippen LogP contribution in [-0.2, 0) is 11.3 Å². The fraction of sp³-hybridized carbons (Fsp3) is 0.0455. The highest BCUT2D eigenvalue weighted by Gasteiger charge is 2.17. The van der Waals surface area contributed by atoms with Gasteiger partial charge in [0.05, 0.1) is 25.7 Å². The molecule has 0 radical (unpaired) electrons. The number of phenolic OH excluding ortho intramolecular Hbond substituents is 1. The van der Waals surface area contributed by atoms with E-state index < -0.39 is 22.3 Å². The first-order valence-electron chi connectivity index (χ1n) is 9.36. The summed E-state index contributed by atoms with van der Waals surface area (Å²) in [4.78, 5) is 35.7. The molecule has 3 aromatic carbocycles. The fourth-order valence-electron chi connectivity index (χ4n) is 3.42. The van der Waals surface area contributed by atoms with E-state index in [2.05, 4.69) is 10.5 Å². The van der Waals surface area contributed by atoms with Gasteiger partial charge >= 0.3 is 5.69 Å². The number of nitro benzene ring substituents is 1. The largest absolute Gasteiger partial charge is 0.501 e. The first-order valence-corrected chi connectivity index (χ1v) is 10.4. The Bertz CT molecular complexity index is 1420. The number of hydrazone groups is 1. The number of rotatable bonds is 5. The number of hydrogen-bond donors (Lipinski definition) is 2. The number of aromatic nitrogens is 1. The maximum atomic E-state index is 12.8. The second-order valence-electron chi connectivity index (χ2n) is 6.87. The molecule has 2 N–H and O–H groups in total. The maximum absolute atomic E-state index is 12.8. The summed E-state index contributed by atoms with van der Waals surface area (Å²) < 4.78 is 2.03. The van der Waals surface area contributed by atoms with Crippen LogP contribution in [-0.4, -0.2) is 26.7 Å². The summed E-state index contributed by atoms with van der Waals surface area (Å²) in [6.07, 6.45) is 1.26. The molecule has 1 heterocycles. The van der Waals surface area contributed by atoms with Crippen LogP contribution in [0.25, 0.3) is 21.8 Å². The lowest BCUT2D eigenvalue weighted by Gasteiger charge is -2.14. The van der Waals surface area contributed by atoms with E-state index in [0.717, 1.165) is 6.07 Å². The standard InChI is InChI=1S/C22H15IN4O5/c23-16-9-13(10-19(22(16)30)27(31)32)11-24-25-20(28)12-26-17-7-3-1-5-14(17)21(29)15-6-2-4-8-18(15)26/h1-11,30H,12H2,(H,25,28). The van der Waals surface area contributed by atoms with Gasteiger partial charge in [0.15, 0.2) is 5.43 Å². The number of aromatic hydroxyl groups is 1. The monoisotopic (exact) mass is 542 g/mol. The lowest BCUT2D eigenvalue weighted by Crippen LogP contribution is -2.25. The third kappa shape index (κ3) is 4.04. The molecule has 0 saturated heterocycles. The first kappa shape index (κ1) is 21.4. The molecular formula is C22H15IN4O5. The molecule has 0 bridgehead atoms. The molecule has 32 heavy (non-hydrogen) atoms. The Morgan fingerprint density at radius 2 is 1.72 bits per heavy atom. The fourth-order valence-corrected chi connectivity index (χ4v) is 4.06. The minimum absolute atomic E-state index is 0.0914. The van der Waals surface area contributed by atoms with E-state index in [0.29, 0.717) is 27.4 Å². The number of phenols is 1. The van der Waals surface area contributed by atoms with Gasteiger partial charge in [0, 0.05) is 22.4 Å². The van der Waals surface area contributed by atoms with Gasteiger partial charge in [-0.3, -0.25) is 19.7 Å². The Labute approximate surface area is 194 Å². The number of benzene rings is 3. The number of halogens is 1. The lowest BCUT2D eigenvalue weighted by atomic mass is 10.1. The lowest BCUT2D eigenvalue weighted by molar-refractivity contribution is -0.386. The van der Waals surface area contributed by atoms with Crippen molar-refractivity contribution in [2.24, 2.45) is 5.10 Å². The summed E-state index contributed by atoms with van der Waals surface area (Å²) in [5.41, 5.74) is 3.45. The summed E-state index contributed by atoms with van der Waals surface area (Å²) in [6.45, 7) is -0.0914. The zero-order valence-corrected chi connectivity index (χ0v) is 18.5. The number of amides is 1. The second-order valence-corrected chi connectivity index (χ2v) is 8.03. The number of fused-ring (bicyclic) bond motifs is 2. The molecule has 0 aliphatic rings. The van der Waals surface area contributed by atoms with Gasteiger partial charge in [0.2, 0.25) is 5.75 Å². The van der Waals surface area contributed by atoms with Crippen molar-refractivity contribution in [3.63, 3.8) is 0 Å². The normalized spacial score (nSPS) is 11.3. The van der Waals surface area contributed by atoms with Crippen LogP contribution in [0, 0.1) is 13.7 Å². The van der Waals surface area contributed by atoms with Crippen molar-refractivity contribution in [3.05, 3.63) is 90.1 Å². The zero-order chi connectivity index (χ0) is 22.8. The van der Waals surface area contributed by atoms with Gasteiger partial charge in [-0.25, -0.2) is 5.43 Å². The summed E-state index contributed by atoms with van der Waals surface area (Å²) in [5, 5.41) is 25.7. The van der Waals surface area contributed by atoms with E-state index >= 15 is 0 Å². The number of hydrogen-bond acceptors (Lipinski definition) is 6. The molecule has 10 heteroatoms. The molecule has 0 aliphatic heterocycles. The van der Waals surface area contributed by atoms with Crippen LogP contribution in [0.3, 0.4) is 0 Å². The Hall–Kier alpha value is -3.80. The number of carbonyl (C=O) groups is 1. The molecule has 9 nitrogen and oxygen atoms in total. The van der Waals surface area contributed by atoms with Gasteiger partial charge in [-0.1, -0.05) is 24.3 Å². The molecule has 0 spiro atoms. The quantitative estimate of drug-likeness (QED) is 0.131. The van der Waals surface area contributed by atoms with Crippen molar-refractivity contribution in [2.45, 2.75) is 6.54 Å². The molecule has 1 aromatic heterocycles. The average Bonchev–Trinajstić information content (AvgIpc) is 2.78. The molecule has 0 unspecified atom stereocenters. The smallest absolute Gasteiger partial charge is 0.312 e. The molecular weight excluding hydrogens is 527 g/mol. The zero-order valence-electron chi connectivity index (χ0n) is 16.4. The topological polar surface area (TPSA) is 127 Å². The second kappa shape index (κ2) is 8.75. The summed E-state index contributed by atoms with van der Waals surface area (Å²) >= 11 is 1.78. The molecule has 1 amide bonds. The Kier molecular flexibility index (Phi) is 5.86. The third-order valence-corrected chi connectivity index (χ3v) is 5.67. The summed E-state index contributed by atoms with van der Waals surface area (Å²) in [5.74, 6) is -0.864. The van der Waals surface area contributed by atoms with Crippen LogP contribution >= 0.6 is 22.6 Å². The SMILES string of the molecule is O=C(Cn1c2ccccc2c(=O)c2ccccc21)NN=Cc1cc(I)c(O)c([N+](=O)[O-])c1. The number of para-hydroxylation sites is 2. The number of nitrogens with one attached hydrogen (secondary N) is 1. The van der Waals surface area contributed by atoms with Crippen LogP contribution in [0.4, 0.5) is 5.69 Å². The van der Waals surface area contributed by atoms with Crippen molar-refractivity contribution in [1.82, 2.24) is 9.99 Å². The van der Waals surface area contributed by atoms with Gasteiger partial charge in [-0.2, -0.15) is 5.10 Å². The number of carbonyl (C=O) groups excluding carboxylic acids is 1. The highest BCUT2D eigenvalue weighted by Crippen LogP contribution is 2.31.